The summed E-state index contributed by atoms with van der Waals surface area (Å²) in [5.74, 6) is -1.53. The zero-order valence-corrected chi connectivity index (χ0v) is 13.1. The summed E-state index contributed by atoms with van der Waals surface area (Å²) < 4.78 is 26.8. The Morgan fingerprint density at radius 1 is 1.05 bits per heavy atom. The molecule has 0 aliphatic carbocycles. The normalized spacial score (nSPS) is 10.4. The number of anilines is 2. The molecule has 0 aliphatic rings. The zero-order chi connectivity index (χ0) is 14.9. The Bertz CT molecular complexity index is 692. The van der Waals surface area contributed by atoms with Crippen molar-refractivity contribution in [3.63, 3.8) is 0 Å². The predicted molar refractivity (Wildman–Crippen MR) is 80.6 cm³/mol. The number of nitrogens with one attached hydrogen (secondary N) is 1. The fraction of sp³-hybridized carbons (Fsp3) is 0. The first-order chi connectivity index (χ1) is 9.38. The van der Waals surface area contributed by atoms with Gasteiger partial charge in [0.15, 0.2) is 0 Å². The summed E-state index contributed by atoms with van der Waals surface area (Å²) in [4.78, 5) is 12.1. The summed E-state index contributed by atoms with van der Waals surface area (Å²) in [5.41, 5.74) is 5.89. The van der Waals surface area contributed by atoms with Crippen LogP contribution in [0.5, 0.6) is 0 Å². The number of nitrogens with two attached hydrogens (primary N) is 1. The van der Waals surface area contributed by atoms with Crippen LogP contribution in [-0.2, 0) is 0 Å². The van der Waals surface area contributed by atoms with Gasteiger partial charge >= 0.3 is 0 Å². The lowest BCUT2D eigenvalue weighted by Gasteiger charge is -2.09. The van der Waals surface area contributed by atoms with E-state index in [2.05, 4.69) is 37.2 Å². The molecule has 20 heavy (non-hydrogen) atoms. The largest absolute Gasteiger partial charge is 0.396 e. The van der Waals surface area contributed by atoms with Crippen LogP contribution in [0, 0.1) is 11.6 Å². The van der Waals surface area contributed by atoms with E-state index in [9.17, 15) is 13.6 Å². The molecule has 3 N–H and O–H groups in total. The maximum Gasteiger partial charge on any atom is 0.256 e. The molecule has 0 saturated heterocycles. The minimum absolute atomic E-state index is 0.126. The molecule has 3 nitrogen and oxygen atoms in total. The molecule has 0 atom stereocenters. The topological polar surface area (TPSA) is 55.1 Å². The van der Waals surface area contributed by atoms with Gasteiger partial charge in [-0.1, -0.05) is 0 Å². The van der Waals surface area contributed by atoms with Crippen LogP contribution < -0.4 is 11.1 Å². The van der Waals surface area contributed by atoms with E-state index in [1.54, 1.807) is 0 Å². The Balaban J connectivity index is 2.28. The molecule has 0 bridgehead atoms. The molecule has 0 heterocycles. The van der Waals surface area contributed by atoms with Crippen molar-refractivity contribution >= 4 is 49.1 Å². The molecule has 0 fully saturated rings. The monoisotopic (exact) mass is 404 g/mol. The van der Waals surface area contributed by atoms with E-state index in [0.717, 1.165) is 6.07 Å². The van der Waals surface area contributed by atoms with E-state index < -0.39 is 17.5 Å². The van der Waals surface area contributed by atoms with E-state index in [1.165, 1.54) is 24.3 Å². The van der Waals surface area contributed by atoms with Gasteiger partial charge in [0.05, 0.1) is 15.7 Å². The fourth-order valence-electron chi connectivity index (χ4n) is 1.51. The van der Waals surface area contributed by atoms with Gasteiger partial charge in [0.1, 0.15) is 11.6 Å². The zero-order valence-electron chi connectivity index (χ0n) is 9.88. The van der Waals surface area contributed by atoms with Gasteiger partial charge < -0.3 is 11.1 Å². The Hall–Kier alpha value is -1.47. The van der Waals surface area contributed by atoms with Crippen molar-refractivity contribution < 1.29 is 13.6 Å². The Morgan fingerprint density at radius 3 is 2.40 bits per heavy atom. The maximum absolute atomic E-state index is 13.2. The highest BCUT2D eigenvalue weighted by Crippen LogP contribution is 2.25. The Morgan fingerprint density at radius 2 is 1.75 bits per heavy atom. The summed E-state index contributed by atoms with van der Waals surface area (Å²) in [5, 5.41) is 2.57. The summed E-state index contributed by atoms with van der Waals surface area (Å²) >= 11 is 6.12. The van der Waals surface area contributed by atoms with Crippen LogP contribution in [0.2, 0.25) is 0 Å². The average molecular weight is 406 g/mol. The van der Waals surface area contributed by atoms with Crippen LogP contribution in [0.15, 0.2) is 39.3 Å². The van der Waals surface area contributed by atoms with Gasteiger partial charge in [0, 0.05) is 10.2 Å². The van der Waals surface area contributed by atoms with Gasteiger partial charge in [-0.3, -0.25) is 4.79 Å². The average Bonchev–Trinajstić information content (AvgIpc) is 2.38. The smallest absolute Gasteiger partial charge is 0.256 e. The molecular weight excluding hydrogens is 398 g/mol. The van der Waals surface area contributed by atoms with Crippen LogP contribution in [0.3, 0.4) is 0 Å². The molecule has 0 unspecified atom stereocenters. The Labute approximate surface area is 130 Å². The van der Waals surface area contributed by atoms with Crippen molar-refractivity contribution in [1.82, 2.24) is 0 Å². The number of amides is 1. The third-order valence-electron chi connectivity index (χ3n) is 2.51. The second kappa shape index (κ2) is 5.88. The van der Waals surface area contributed by atoms with E-state index in [-0.39, 0.29) is 20.2 Å². The molecule has 0 spiro atoms. The molecule has 7 heteroatoms. The van der Waals surface area contributed by atoms with Crippen molar-refractivity contribution in [2.24, 2.45) is 0 Å². The SMILES string of the molecule is Nc1cc(C(=O)Nc2ccc(F)c(Br)c2)c(Br)cc1F. The molecule has 0 radical (unpaired) electrons. The van der Waals surface area contributed by atoms with Crippen molar-refractivity contribution in [1.29, 1.82) is 0 Å². The maximum atomic E-state index is 13.2. The van der Waals surface area contributed by atoms with Gasteiger partial charge in [0.25, 0.3) is 5.91 Å². The van der Waals surface area contributed by atoms with Gasteiger partial charge in [-0.2, -0.15) is 0 Å². The van der Waals surface area contributed by atoms with E-state index >= 15 is 0 Å². The lowest BCUT2D eigenvalue weighted by Crippen LogP contribution is -2.13. The number of hydrogen-bond donors (Lipinski definition) is 2. The number of benzene rings is 2. The highest BCUT2D eigenvalue weighted by molar-refractivity contribution is 9.10. The van der Waals surface area contributed by atoms with Gasteiger partial charge in [-0.05, 0) is 62.2 Å². The molecule has 0 saturated carbocycles. The van der Waals surface area contributed by atoms with Crippen LogP contribution in [0.4, 0.5) is 20.2 Å². The lowest BCUT2D eigenvalue weighted by molar-refractivity contribution is 0.102. The minimum atomic E-state index is -0.613. The van der Waals surface area contributed by atoms with Crippen molar-refractivity contribution in [3.05, 3.63) is 56.5 Å². The van der Waals surface area contributed by atoms with Crippen LogP contribution >= 0.6 is 31.9 Å². The molecule has 104 valence electrons. The van der Waals surface area contributed by atoms with Gasteiger partial charge in [0.2, 0.25) is 0 Å². The summed E-state index contributed by atoms with van der Waals surface area (Å²) in [6.07, 6.45) is 0. The van der Waals surface area contributed by atoms with Crippen LogP contribution in [0.25, 0.3) is 0 Å². The first kappa shape index (κ1) is 14.9. The van der Waals surface area contributed by atoms with E-state index in [4.69, 9.17) is 5.73 Å². The molecule has 2 aromatic carbocycles. The summed E-state index contributed by atoms with van der Waals surface area (Å²) in [6, 6.07) is 6.40. The number of carbonyl (C=O) groups is 1. The summed E-state index contributed by atoms with van der Waals surface area (Å²) in [7, 11) is 0. The number of rotatable bonds is 2. The second-order valence-electron chi connectivity index (χ2n) is 3.94. The van der Waals surface area contributed by atoms with Crippen molar-refractivity contribution in [2.45, 2.75) is 0 Å². The highest BCUT2D eigenvalue weighted by Gasteiger charge is 2.14. The summed E-state index contributed by atoms with van der Waals surface area (Å²) in [6.45, 7) is 0. The van der Waals surface area contributed by atoms with E-state index in [1.807, 2.05) is 0 Å². The highest BCUT2D eigenvalue weighted by atomic mass is 79.9. The Kier molecular flexibility index (Phi) is 4.39. The quantitative estimate of drug-likeness (QED) is 0.731. The molecular formula is C13H8Br2F2N2O. The molecule has 0 aromatic heterocycles. The molecule has 0 aliphatic heterocycles. The molecule has 2 rings (SSSR count). The van der Waals surface area contributed by atoms with Gasteiger partial charge in [-0.25, -0.2) is 8.78 Å². The lowest BCUT2D eigenvalue weighted by atomic mass is 10.1. The second-order valence-corrected chi connectivity index (χ2v) is 5.65. The molecule has 2 aromatic rings. The van der Waals surface area contributed by atoms with E-state index in [0.29, 0.717) is 5.69 Å². The first-order valence-corrected chi connectivity index (χ1v) is 6.98. The predicted octanol–water partition coefficient (Wildman–Crippen LogP) is 4.32. The van der Waals surface area contributed by atoms with Crippen LogP contribution in [0.1, 0.15) is 10.4 Å². The van der Waals surface area contributed by atoms with Crippen LogP contribution in [-0.4, -0.2) is 5.91 Å². The third-order valence-corrected chi connectivity index (χ3v) is 3.77. The number of hydrogen-bond acceptors (Lipinski definition) is 2. The molecule has 1 amide bonds. The van der Waals surface area contributed by atoms with Crippen molar-refractivity contribution in [3.8, 4) is 0 Å². The number of halogens is 4. The fourth-order valence-corrected chi connectivity index (χ4v) is 2.39. The first-order valence-electron chi connectivity index (χ1n) is 5.39. The minimum Gasteiger partial charge on any atom is -0.396 e. The third kappa shape index (κ3) is 3.16. The van der Waals surface area contributed by atoms with Gasteiger partial charge in [-0.15, -0.1) is 0 Å². The standard InChI is InChI=1S/C13H8Br2F2N2O/c14-8-5-11(17)12(18)4-7(8)13(20)19-6-1-2-10(16)9(15)3-6/h1-5H,18H2,(H,19,20). The van der Waals surface area contributed by atoms with Crippen molar-refractivity contribution in [2.75, 3.05) is 11.1 Å². The number of nitrogen functional groups attached to an aromatic ring is 1. The number of carbonyl (C=O) groups excluding carboxylic acids is 1.